The van der Waals surface area contributed by atoms with Crippen molar-refractivity contribution in [2.24, 2.45) is 11.7 Å². The first kappa shape index (κ1) is 14.8. The Balaban J connectivity index is 2.24. The molecule has 0 radical (unpaired) electrons. The molecule has 1 aliphatic rings. The number of nitrogens with zero attached hydrogens (tertiary/aromatic N) is 1. The quantitative estimate of drug-likeness (QED) is 0.790. The van der Waals surface area contributed by atoms with Gasteiger partial charge in [-0.3, -0.25) is 4.79 Å². The molecular formula is C13H19N3O3S. The number of hydrogen-bond donors (Lipinski definition) is 2. The van der Waals surface area contributed by atoms with Crippen molar-refractivity contribution in [3.63, 3.8) is 0 Å². The van der Waals surface area contributed by atoms with Crippen molar-refractivity contribution in [3.8, 4) is 0 Å². The predicted molar refractivity (Wildman–Crippen MR) is 76.3 cm³/mol. The molecule has 0 unspecified atom stereocenters. The van der Waals surface area contributed by atoms with Crippen LogP contribution in [0.1, 0.15) is 18.4 Å². The first-order valence-corrected chi connectivity index (χ1v) is 7.92. The summed E-state index contributed by atoms with van der Waals surface area (Å²) >= 11 is 0. The largest absolute Gasteiger partial charge is 0.399 e. The number of aryl methyl sites for hydroxylation is 1. The van der Waals surface area contributed by atoms with Gasteiger partial charge in [-0.05, 0) is 37.5 Å². The summed E-state index contributed by atoms with van der Waals surface area (Å²) in [4.78, 5) is 11.3. The maximum atomic E-state index is 12.6. The number of nitrogen functional groups attached to an aromatic ring is 1. The van der Waals surface area contributed by atoms with Gasteiger partial charge in [0.15, 0.2) is 0 Å². The van der Waals surface area contributed by atoms with Crippen LogP contribution < -0.4 is 11.5 Å². The third kappa shape index (κ3) is 2.78. The van der Waals surface area contributed by atoms with Crippen LogP contribution in [-0.2, 0) is 14.8 Å². The van der Waals surface area contributed by atoms with Crippen molar-refractivity contribution in [2.45, 2.75) is 24.7 Å². The highest BCUT2D eigenvalue weighted by Gasteiger charge is 2.32. The molecule has 1 aliphatic heterocycles. The number of piperidine rings is 1. The number of carbonyl (C=O) groups excluding carboxylic acids is 1. The van der Waals surface area contributed by atoms with Gasteiger partial charge in [-0.1, -0.05) is 6.07 Å². The van der Waals surface area contributed by atoms with Crippen molar-refractivity contribution in [1.82, 2.24) is 4.31 Å². The van der Waals surface area contributed by atoms with Gasteiger partial charge in [0.2, 0.25) is 15.9 Å². The Morgan fingerprint density at radius 1 is 1.30 bits per heavy atom. The Hall–Kier alpha value is -1.60. The Morgan fingerprint density at radius 2 is 1.90 bits per heavy atom. The topological polar surface area (TPSA) is 106 Å². The van der Waals surface area contributed by atoms with Gasteiger partial charge in [-0.15, -0.1) is 0 Å². The molecule has 1 aromatic rings. The Kier molecular flexibility index (Phi) is 4.01. The van der Waals surface area contributed by atoms with Crippen LogP contribution in [0.25, 0.3) is 0 Å². The summed E-state index contributed by atoms with van der Waals surface area (Å²) in [5.41, 5.74) is 12.0. The second-order valence-corrected chi connectivity index (χ2v) is 7.01. The number of primary amides is 1. The van der Waals surface area contributed by atoms with E-state index in [1.807, 2.05) is 0 Å². The normalized spacial score (nSPS) is 18.1. The lowest BCUT2D eigenvalue weighted by molar-refractivity contribution is -0.122. The fraction of sp³-hybridized carbons (Fsp3) is 0.462. The van der Waals surface area contributed by atoms with Crippen LogP contribution in [0.4, 0.5) is 5.69 Å². The molecule has 20 heavy (non-hydrogen) atoms. The van der Waals surface area contributed by atoms with E-state index in [2.05, 4.69) is 0 Å². The van der Waals surface area contributed by atoms with Gasteiger partial charge in [0.1, 0.15) is 0 Å². The van der Waals surface area contributed by atoms with Crippen LogP contribution in [0.15, 0.2) is 23.1 Å². The van der Waals surface area contributed by atoms with E-state index >= 15 is 0 Å². The molecule has 0 aromatic heterocycles. The molecule has 4 N–H and O–H groups in total. The van der Waals surface area contributed by atoms with Gasteiger partial charge in [0.05, 0.1) is 4.90 Å². The highest BCUT2D eigenvalue weighted by atomic mass is 32.2. The Morgan fingerprint density at radius 3 is 2.45 bits per heavy atom. The van der Waals surface area contributed by atoms with E-state index in [4.69, 9.17) is 11.5 Å². The maximum absolute atomic E-state index is 12.6. The van der Waals surface area contributed by atoms with E-state index in [9.17, 15) is 13.2 Å². The first-order valence-electron chi connectivity index (χ1n) is 6.48. The van der Waals surface area contributed by atoms with Gasteiger partial charge in [0.25, 0.3) is 0 Å². The molecule has 0 bridgehead atoms. The Bertz CT molecular complexity index is 620. The van der Waals surface area contributed by atoms with Crippen LogP contribution in [-0.4, -0.2) is 31.7 Å². The zero-order valence-electron chi connectivity index (χ0n) is 11.4. The van der Waals surface area contributed by atoms with Crippen molar-refractivity contribution in [2.75, 3.05) is 18.8 Å². The van der Waals surface area contributed by atoms with Gasteiger partial charge < -0.3 is 11.5 Å². The van der Waals surface area contributed by atoms with E-state index in [1.54, 1.807) is 19.1 Å². The van der Waals surface area contributed by atoms with Crippen LogP contribution in [0.5, 0.6) is 0 Å². The second-order valence-electron chi connectivity index (χ2n) is 5.11. The molecule has 0 saturated carbocycles. The smallest absolute Gasteiger partial charge is 0.243 e. The molecule has 110 valence electrons. The molecule has 0 spiro atoms. The van der Waals surface area contributed by atoms with Crippen molar-refractivity contribution in [3.05, 3.63) is 23.8 Å². The van der Waals surface area contributed by atoms with Gasteiger partial charge in [-0.25, -0.2) is 8.42 Å². The number of hydrogen-bond acceptors (Lipinski definition) is 4. The summed E-state index contributed by atoms with van der Waals surface area (Å²) in [6, 6.07) is 4.84. The number of rotatable bonds is 3. The fourth-order valence-corrected chi connectivity index (χ4v) is 4.14. The van der Waals surface area contributed by atoms with E-state index in [0.717, 1.165) is 0 Å². The molecule has 1 amide bonds. The van der Waals surface area contributed by atoms with Crippen LogP contribution in [0, 0.1) is 12.8 Å². The number of nitrogens with two attached hydrogens (primary N) is 2. The minimum Gasteiger partial charge on any atom is -0.399 e. The molecule has 0 atom stereocenters. The lowest BCUT2D eigenvalue weighted by atomic mass is 9.98. The molecule has 0 aliphatic carbocycles. The van der Waals surface area contributed by atoms with E-state index in [0.29, 0.717) is 37.2 Å². The van der Waals surface area contributed by atoms with Gasteiger partial charge in [0, 0.05) is 24.7 Å². The zero-order valence-corrected chi connectivity index (χ0v) is 12.2. The lowest BCUT2D eigenvalue weighted by Gasteiger charge is -2.30. The number of carbonyl (C=O) groups is 1. The highest BCUT2D eigenvalue weighted by molar-refractivity contribution is 7.89. The molecule has 1 saturated heterocycles. The number of anilines is 1. The monoisotopic (exact) mass is 297 g/mol. The maximum Gasteiger partial charge on any atom is 0.243 e. The summed E-state index contributed by atoms with van der Waals surface area (Å²) < 4.78 is 26.6. The third-order valence-corrected chi connectivity index (χ3v) is 5.73. The fourth-order valence-electron chi connectivity index (χ4n) is 2.41. The predicted octanol–water partition coefficient (Wildman–Crippen LogP) is 0.463. The molecule has 1 fully saturated rings. The van der Waals surface area contributed by atoms with E-state index in [-0.39, 0.29) is 16.7 Å². The number of benzene rings is 1. The van der Waals surface area contributed by atoms with Crippen LogP contribution in [0.2, 0.25) is 0 Å². The average Bonchev–Trinajstić information content (AvgIpc) is 2.41. The summed E-state index contributed by atoms with van der Waals surface area (Å²) in [6.45, 7) is 2.36. The van der Waals surface area contributed by atoms with Crippen molar-refractivity contribution < 1.29 is 13.2 Å². The summed E-state index contributed by atoms with van der Waals surface area (Å²) in [5, 5.41) is 0. The van der Waals surface area contributed by atoms with Gasteiger partial charge in [-0.2, -0.15) is 4.31 Å². The zero-order chi connectivity index (χ0) is 14.9. The molecule has 7 heteroatoms. The van der Waals surface area contributed by atoms with E-state index in [1.165, 1.54) is 10.4 Å². The molecule has 1 heterocycles. The van der Waals surface area contributed by atoms with Crippen molar-refractivity contribution >= 4 is 21.6 Å². The van der Waals surface area contributed by atoms with E-state index < -0.39 is 10.0 Å². The lowest BCUT2D eigenvalue weighted by Crippen LogP contribution is -2.41. The number of sulfonamides is 1. The minimum absolute atomic E-state index is 0.232. The van der Waals surface area contributed by atoms with Crippen molar-refractivity contribution in [1.29, 1.82) is 0 Å². The Labute approximate surface area is 118 Å². The van der Waals surface area contributed by atoms with Gasteiger partial charge >= 0.3 is 0 Å². The van der Waals surface area contributed by atoms with Crippen LogP contribution in [0.3, 0.4) is 0 Å². The molecule has 2 rings (SSSR count). The first-order chi connectivity index (χ1) is 9.32. The summed E-state index contributed by atoms with van der Waals surface area (Å²) in [6.07, 6.45) is 0.936. The second kappa shape index (κ2) is 5.41. The third-order valence-electron chi connectivity index (χ3n) is 3.69. The standard InChI is InChI=1S/C13H19N3O3S/c1-9-2-3-11(14)8-12(9)20(18,19)16-6-4-10(5-7-16)13(15)17/h2-3,8,10H,4-7,14H2,1H3,(H2,15,17). The SMILES string of the molecule is Cc1ccc(N)cc1S(=O)(=O)N1CCC(C(N)=O)CC1. The summed E-state index contributed by atoms with van der Waals surface area (Å²) in [5.74, 6) is -0.592. The molecular weight excluding hydrogens is 278 g/mol. The minimum atomic E-state index is -3.56. The van der Waals surface area contributed by atoms with Crippen LogP contribution >= 0.6 is 0 Å². The molecule has 1 aromatic carbocycles. The summed E-state index contributed by atoms with van der Waals surface area (Å²) in [7, 11) is -3.56. The average molecular weight is 297 g/mol. The highest BCUT2D eigenvalue weighted by Crippen LogP contribution is 2.26. The number of amides is 1. The molecule has 6 nitrogen and oxygen atoms in total.